The van der Waals surface area contributed by atoms with E-state index < -0.39 is 0 Å². The van der Waals surface area contributed by atoms with Crippen LogP contribution in [-0.2, 0) is 0 Å². The summed E-state index contributed by atoms with van der Waals surface area (Å²) in [4.78, 5) is 2.31. The van der Waals surface area contributed by atoms with Crippen LogP contribution in [0.3, 0.4) is 0 Å². The van der Waals surface area contributed by atoms with Crippen LogP contribution in [0.2, 0.25) is 0 Å². The number of aliphatic hydroxyl groups is 2. The minimum absolute atomic E-state index is 0.0879. The van der Waals surface area contributed by atoms with E-state index in [0.717, 1.165) is 51.6 Å². The first kappa shape index (κ1) is 22.4. The van der Waals surface area contributed by atoms with Crippen molar-refractivity contribution in [2.75, 3.05) is 26.3 Å². The molecule has 4 nitrogen and oxygen atoms in total. The predicted octanol–water partition coefficient (Wildman–Crippen LogP) is 3.26. The maximum absolute atomic E-state index is 9.68. The molecule has 0 aromatic heterocycles. The number of hydrogen-bond acceptors (Lipinski definition) is 4. The van der Waals surface area contributed by atoms with Crippen molar-refractivity contribution in [3.05, 3.63) is 23.3 Å². The molecule has 1 rings (SSSR count). The number of rotatable bonds is 12. The maximum Gasteiger partial charge on any atom is 0.0597 e. The highest BCUT2D eigenvalue weighted by molar-refractivity contribution is 5.02. The van der Waals surface area contributed by atoms with Crippen molar-refractivity contribution in [2.24, 2.45) is 0 Å². The average Bonchev–Trinajstić information content (AvgIpc) is 3.01. The van der Waals surface area contributed by atoms with Crippen molar-refractivity contribution in [1.82, 2.24) is 10.2 Å². The van der Waals surface area contributed by atoms with E-state index >= 15 is 0 Å². The molecule has 0 bridgehead atoms. The van der Waals surface area contributed by atoms with Crippen molar-refractivity contribution >= 4 is 0 Å². The van der Waals surface area contributed by atoms with Gasteiger partial charge in [-0.1, -0.05) is 23.3 Å². The molecule has 1 aliphatic heterocycles. The molecule has 1 fully saturated rings. The van der Waals surface area contributed by atoms with Gasteiger partial charge in [0.1, 0.15) is 0 Å². The van der Waals surface area contributed by atoms with Crippen LogP contribution in [0.4, 0.5) is 0 Å². The molecule has 0 aliphatic carbocycles. The van der Waals surface area contributed by atoms with Gasteiger partial charge >= 0.3 is 0 Å². The molecule has 1 saturated heterocycles. The Morgan fingerprint density at radius 3 is 2.60 bits per heavy atom. The van der Waals surface area contributed by atoms with Gasteiger partial charge in [-0.2, -0.15) is 0 Å². The Morgan fingerprint density at radius 2 is 1.96 bits per heavy atom. The number of nitrogens with one attached hydrogen (secondary N) is 1. The summed E-state index contributed by atoms with van der Waals surface area (Å²) < 4.78 is 0. The highest BCUT2D eigenvalue weighted by atomic mass is 16.3. The van der Waals surface area contributed by atoms with Crippen LogP contribution in [0.25, 0.3) is 0 Å². The first-order chi connectivity index (χ1) is 12.0. The first-order valence-electron chi connectivity index (χ1n) is 9.97. The van der Waals surface area contributed by atoms with E-state index in [1.807, 2.05) is 0 Å². The molecule has 3 atom stereocenters. The van der Waals surface area contributed by atoms with Gasteiger partial charge < -0.3 is 15.5 Å². The van der Waals surface area contributed by atoms with Gasteiger partial charge in [-0.05, 0) is 72.8 Å². The smallest absolute Gasteiger partial charge is 0.0597 e. The predicted molar refractivity (Wildman–Crippen MR) is 107 cm³/mol. The molecule has 0 aromatic rings. The van der Waals surface area contributed by atoms with Crippen molar-refractivity contribution in [1.29, 1.82) is 0 Å². The van der Waals surface area contributed by atoms with Crippen LogP contribution in [0.5, 0.6) is 0 Å². The number of aliphatic hydroxyl groups excluding tert-OH is 2. The van der Waals surface area contributed by atoms with Crippen LogP contribution in [-0.4, -0.2) is 59.5 Å². The van der Waals surface area contributed by atoms with Crippen molar-refractivity contribution in [2.45, 2.75) is 84.3 Å². The largest absolute Gasteiger partial charge is 0.395 e. The number of allylic oxidation sites excluding steroid dienone is 4. The quantitative estimate of drug-likeness (QED) is 0.472. The lowest BCUT2D eigenvalue weighted by Crippen LogP contribution is -2.48. The minimum Gasteiger partial charge on any atom is -0.395 e. The fourth-order valence-corrected chi connectivity index (χ4v) is 3.54. The Morgan fingerprint density at radius 1 is 1.20 bits per heavy atom. The zero-order valence-corrected chi connectivity index (χ0v) is 16.8. The Balaban J connectivity index is 2.28. The summed E-state index contributed by atoms with van der Waals surface area (Å²) in [5.74, 6) is 0. The van der Waals surface area contributed by atoms with Gasteiger partial charge in [0.05, 0.1) is 13.2 Å². The van der Waals surface area contributed by atoms with Crippen LogP contribution in [0.15, 0.2) is 23.3 Å². The molecule has 146 valence electrons. The molecule has 0 radical (unpaired) electrons. The third-order valence-corrected chi connectivity index (χ3v) is 5.09. The van der Waals surface area contributed by atoms with Gasteiger partial charge in [0.15, 0.2) is 0 Å². The molecule has 1 aliphatic rings. The van der Waals surface area contributed by atoms with Gasteiger partial charge in [-0.15, -0.1) is 0 Å². The standard InChI is InChI=1S/C21H40N2O2/c1-17(2)8-5-9-18(3)10-6-11-19(4)22-20(15-24)14-23-13-7-12-21(23)16-25/h8,10,19-22,24-25H,5-7,9,11-16H2,1-4H3/b18-10+. The molecule has 0 saturated carbocycles. The lowest BCUT2D eigenvalue weighted by molar-refractivity contribution is 0.126. The van der Waals surface area contributed by atoms with E-state index in [4.69, 9.17) is 0 Å². The molecule has 25 heavy (non-hydrogen) atoms. The van der Waals surface area contributed by atoms with E-state index in [1.165, 1.54) is 11.1 Å². The number of likely N-dealkylation sites (tertiary alicyclic amines) is 1. The molecule has 0 aromatic carbocycles. The van der Waals surface area contributed by atoms with Gasteiger partial charge in [0.2, 0.25) is 0 Å². The summed E-state index contributed by atoms with van der Waals surface area (Å²) >= 11 is 0. The summed E-state index contributed by atoms with van der Waals surface area (Å²) in [5, 5.41) is 22.7. The molecule has 3 unspecified atom stereocenters. The summed E-state index contributed by atoms with van der Waals surface area (Å²) in [6, 6.07) is 0.747. The summed E-state index contributed by atoms with van der Waals surface area (Å²) in [6.45, 7) is 10.9. The summed E-state index contributed by atoms with van der Waals surface area (Å²) in [5.41, 5.74) is 2.85. The molecule has 3 N–H and O–H groups in total. The van der Waals surface area contributed by atoms with E-state index in [9.17, 15) is 10.2 Å². The summed E-state index contributed by atoms with van der Waals surface area (Å²) in [6.07, 6.45) is 11.3. The van der Waals surface area contributed by atoms with Gasteiger partial charge in [0.25, 0.3) is 0 Å². The topological polar surface area (TPSA) is 55.7 Å². The average molecular weight is 353 g/mol. The third kappa shape index (κ3) is 9.55. The Hall–Kier alpha value is -0.680. The van der Waals surface area contributed by atoms with Crippen LogP contribution >= 0.6 is 0 Å². The Bertz CT molecular complexity index is 416. The maximum atomic E-state index is 9.68. The Labute approximate surface area is 155 Å². The van der Waals surface area contributed by atoms with Crippen molar-refractivity contribution < 1.29 is 10.2 Å². The number of nitrogens with zero attached hydrogens (tertiary/aromatic N) is 1. The fraction of sp³-hybridized carbons (Fsp3) is 0.810. The zero-order valence-electron chi connectivity index (χ0n) is 16.8. The highest BCUT2D eigenvalue weighted by Gasteiger charge is 2.26. The Kier molecular flexibility index (Phi) is 11.3. The normalized spacial score (nSPS) is 21.4. The second-order valence-corrected chi connectivity index (χ2v) is 7.87. The number of hydrogen-bond donors (Lipinski definition) is 3. The molecule has 0 amide bonds. The molecular formula is C21H40N2O2. The second-order valence-electron chi connectivity index (χ2n) is 7.87. The van der Waals surface area contributed by atoms with Crippen molar-refractivity contribution in [3.63, 3.8) is 0 Å². The monoisotopic (exact) mass is 352 g/mol. The van der Waals surface area contributed by atoms with E-state index in [1.54, 1.807) is 0 Å². The molecular weight excluding hydrogens is 312 g/mol. The van der Waals surface area contributed by atoms with Crippen LogP contribution < -0.4 is 5.32 Å². The lowest BCUT2D eigenvalue weighted by Gasteiger charge is -2.29. The molecule has 0 spiro atoms. The van der Waals surface area contributed by atoms with Crippen molar-refractivity contribution in [3.8, 4) is 0 Å². The van der Waals surface area contributed by atoms with Gasteiger partial charge in [-0.25, -0.2) is 0 Å². The lowest BCUT2D eigenvalue weighted by atomic mass is 10.1. The van der Waals surface area contributed by atoms with Crippen LogP contribution in [0.1, 0.15) is 66.2 Å². The molecule has 1 heterocycles. The van der Waals surface area contributed by atoms with E-state index in [0.29, 0.717) is 6.04 Å². The third-order valence-electron chi connectivity index (χ3n) is 5.09. The summed E-state index contributed by atoms with van der Waals surface area (Å²) in [7, 11) is 0. The highest BCUT2D eigenvalue weighted by Crippen LogP contribution is 2.17. The molecule has 4 heteroatoms. The van der Waals surface area contributed by atoms with Gasteiger partial charge in [0, 0.05) is 24.7 Å². The second kappa shape index (κ2) is 12.6. The minimum atomic E-state index is 0.0879. The van der Waals surface area contributed by atoms with Crippen LogP contribution in [0, 0.1) is 0 Å². The SMILES string of the molecule is CC(C)=CCC/C(C)=C/CCC(C)NC(CO)CN1CCCC1CO. The van der Waals surface area contributed by atoms with E-state index in [-0.39, 0.29) is 25.3 Å². The van der Waals surface area contributed by atoms with E-state index in [2.05, 4.69) is 50.1 Å². The first-order valence-corrected chi connectivity index (χ1v) is 9.97. The zero-order chi connectivity index (χ0) is 18.7. The fourth-order valence-electron chi connectivity index (χ4n) is 3.54. The van der Waals surface area contributed by atoms with Gasteiger partial charge in [-0.3, -0.25) is 4.90 Å².